The molecule has 2 heterocycles. The summed E-state index contributed by atoms with van der Waals surface area (Å²) in [5, 5.41) is 7.83. The van der Waals surface area contributed by atoms with Crippen molar-refractivity contribution in [3.63, 3.8) is 0 Å². The van der Waals surface area contributed by atoms with Crippen molar-refractivity contribution in [2.24, 2.45) is 5.16 Å². The van der Waals surface area contributed by atoms with Crippen LogP contribution in [0.1, 0.15) is 41.8 Å². The maximum Gasteiger partial charge on any atom is 0.264 e. The van der Waals surface area contributed by atoms with Gasteiger partial charge in [0, 0.05) is 24.3 Å². The van der Waals surface area contributed by atoms with E-state index in [2.05, 4.69) is 15.5 Å². The predicted octanol–water partition coefficient (Wildman–Crippen LogP) is 1.85. The van der Waals surface area contributed by atoms with Crippen LogP contribution in [0.4, 0.5) is 0 Å². The van der Waals surface area contributed by atoms with Gasteiger partial charge in [0.05, 0.1) is 16.4 Å². The smallest absolute Gasteiger partial charge is 0.264 e. The number of amides is 1. The minimum Gasteiger partial charge on any atom is -0.382 e. The standard InChI is InChI=1S/C14H19N3O2S/c1-9-8-11(19-17-9)14(18)15-7-6-13-16-10-4-2-3-5-12(10)20-13/h11H,2-8H2,1H3,(H,15,18)/t11-/m0/s1. The third-order valence-electron chi connectivity index (χ3n) is 3.64. The van der Waals surface area contributed by atoms with Gasteiger partial charge in [-0.05, 0) is 32.6 Å². The Balaban J connectivity index is 1.45. The molecule has 1 aliphatic carbocycles. The first kappa shape index (κ1) is 13.5. The molecule has 108 valence electrons. The van der Waals surface area contributed by atoms with Gasteiger partial charge < -0.3 is 10.2 Å². The van der Waals surface area contributed by atoms with E-state index in [1.54, 1.807) is 11.3 Å². The maximum atomic E-state index is 11.8. The van der Waals surface area contributed by atoms with E-state index < -0.39 is 6.10 Å². The molecule has 0 bridgehead atoms. The highest BCUT2D eigenvalue weighted by Gasteiger charge is 2.25. The van der Waals surface area contributed by atoms with Gasteiger partial charge in [0.25, 0.3) is 5.91 Å². The fourth-order valence-electron chi connectivity index (χ4n) is 2.56. The Bertz CT molecular complexity index is 515. The molecule has 0 saturated carbocycles. The Hall–Kier alpha value is -1.43. The molecule has 0 aromatic carbocycles. The quantitative estimate of drug-likeness (QED) is 0.921. The molecule has 1 aliphatic heterocycles. The second kappa shape index (κ2) is 5.91. The second-order valence-corrected chi connectivity index (χ2v) is 6.52. The molecule has 5 nitrogen and oxygen atoms in total. The third kappa shape index (κ3) is 3.00. The average Bonchev–Trinajstić information content (AvgIpc) is 3.04. The summed E-state index contributed by atoms with van der Waals surface area (Å²) in [6, 6.07) is 0. The average molecular weight is 293 g/mol. The fourth-order valence-corrected chi connectivity index (χ4v) is 3.71. The molecule has 0 fully saturated rings. The number of aromatic nitrogens is 1. The molecule has 1 atom stereocenters. The number of fused-ring (bicyclic) bond motifs is 1. The molecular formula is C14H19N3O2S. The molecule has 3 rings (SSSR count). The van der Waals surface area contributed by atoms with E-state index in [9.17, 15) is 4.79 Å². The van der Waals surface area contributed by atoms with Gasteiger partial charge in [-0.2, -0.15) is 0 Å². The number of carbonyl (C=O) groups excluding carboxylic acids is 1. The van der Waals surface area contributed by atoms with E-state index >= 15 is 0 Å². The molecular weight excluding hydrogens is 274 g/mol. The van der Waals surface area contributed by atoms with Gasteiger partial charge in [0.15, 0.2) is 0 Å². The Morgan fingerprint density at radius 1 is 1.45 bits per heavy atom. The van der Waals surface area contributed by atoms with Crippen molar-refractivity contribution >= 4 is 23.0 Å². The maximum absolute atomic E-state index is 11.8. The van der Waals surface area contributed by atoms with Crippen molar-refractivity contribution in [3.05, 3.63) is 15.6 Å². The number of aryl methyl sites for hydroxylation is 2. The topological polar surface area (TPSA) is 63.6 Å². The van der Waals surface area contributed by atoms with Crippen LogP contribution in [-0.4, -0.2) is 29.3 Å². The van der Waals surface area contributed by atoms with E-state index in [0.717, 1.165) is 23.6 Å². The monoisotopic (exact) mass is 293 g/mol. The van der Waals surface area contributed by atoms with E-state index in [4.69, 9.17) is 4.84 Å². The Labute approximate surface area is 122 Å². The van der Waals surface area contributed by atoms with Crippen LogP contribution < -0.4 is 5.32 Å². The molecule has 1 N–H and O–H groups in total. The van der Waals surface area contributed by atoms with Gasteiger partial charge >= 0.3 is 0 Å². The second-order valence-electron chi connectivity index (χ2n) is 5.35. The van der Waals surface area contributed by atoms with Gasteiger partial charge in [-0.1, -0.05) is 5.16 Å². The van der Waals surface area contributed by atoms with Crippen molar-refractivity contribution < 1.29 is 9.63 Å². The summed E-state index contributed by atoms with van der Waals surface area (Å²) in [6.45, 7) is 2.48. The van der Waals surface area contributed by atoms with E-state index in [1.165, 1.54) is 29.8 Å². The van der Waals surface area contributed by atoms with Crippen LogP contribution in [0.2, 0.25) is 0 Å². The first-order chi connectivity index (χ1) is 9.72. The van der Waals surface area contributed by atoms with Crippen LogP contribution in [0.5, 0.6) is 0 Å². The Kier molecular flexibility index (Phi) is 4.00. The van der Waals surface area contributed by atoms with Crippen LogP contribution in [0.25, 0.3) is 0 Å². The molecule has 1 aromatic rings. The Morgan fingerprint density at radius 2 is 2.30 bits per heavy atom. The molecule has 1 amide bonds. The van der Waals surface area contributed by atoms with Crippen LogP contribution in [0.15, 0.2) is 5.16 Å². The summed E-state index contributed by atoms with van der Waals surface area (Å²) in [5.41, 5.74) is 2.16. The van der Waals surface area contributed by atoms with Crippen LogP contribution in [0, 0.1) is 0 Å². The molecule has 0 radical (unpaired) electrons. The largest absolute Gasteiger partial charge is 0.382 e. The highest BCUT2D eigenvalue weighted by molar-refractivity contribution is 7.11. The fraction of sp³-hybridized carbons (Fsp3) is 0.643. The summed E-state index contributed by atoms with van der Waals surface area (Å²) in [5.74, 6) is -0.0769. The van der Waals surface area contributed by atoms with Crippen molar-refractivity contribution in [3.8, 4) is 0 Å². The number of nitrogens with zero attached hydrogens (tertiary/aromatic N) is 2. The van der Waals surface area contributed by atoms with Crippen molar-refractivity contribution in [1.82, 2.24) is 10.3 Å². The van der Waals surface area contributed by atoms with Gasteiger partial charge in [0.1, 0.15) is 0 Å². The lowest BCUT2D eigenvalue weighted by Gasteiger charge is -2.08. The summed E-state index contributed by atoms with van der Waals surface area (Å²) < 4.78 is 0. The van der Waals surface area contributed by atoms with Crippen LogP contribution in [0.3, 0.4) is 0 Å². The predicted molar refractivity (Wildman–Crippen MR) is 78.1 cm³/mol. The molecule has 6 heteroatoms. The van der Waals surface area contributed by atoms with Crippen molar-refractivity contribution in [2.45, 2.75) is 51.6 Å². The molecule has 0 unspecified atom stereocenters. The lowest BCUT2D eigenvalue weighted by molar-refractivity contribution is -0.131. The summed E-state index contributed by atoms with van der Waals surface area (Å²) in [4.78, 5) is 23.0. The lowest BCUT2D eigenvalue weighted by atomic mass is 10.0. The molecule has 1 aromatic heterocycles. The molecule has 0 spiro atoms. The SMILES string of the molecule is CC1=NO[C@H](C(=O)NCCc2nc3c(s2)CCCC3)C1. The van der Waals surface area contributed by atoms with E-state index in [0.29, 0.717) is 13.0 Å². The van der Waals surface area contributed by atoms with Gasteiger partial charge in [0.2, 0.25) is 6.10 Å². The highest BCUT2D eigenvalue weighted by atomic mass is 32.1. The highest BCUT2D eigenvalue weighted by Crippen LogP contribution is 2.26. The summed E-state index contributed by atoms with van der Waals surface area (Å²) in [7, 11) is 0. The molecule has 20 heavy (non-hydrogen) atoms. The number of carbonyl (C=O) groups is 1. The zero-order valence-corrected chi connectivity index (χ0v) is 12.5. The zero-order valence-electron chi connectivity index (χ0n) is 11.6. The minimum atomic E-state index is -0.445. The molecule has 2 aliphatic rings. The zero-order chi connectivity index (χ0) is 13.9. The van der Waals surface area contributed by atoms with E-state index in [-0.39, 0.29) is 5.91 Å². The number of thiazole rings is 1. The first-order valence-corrected chi connectivity index (χ1v) is 7.98. The summed E-state index contributed by atoms with van der Waals surface area (Å²) >= 11 is 1.80. The first-order valence-electron chi connectivity index (χ1n) is 7.17. The number of rotatable bonds is 4. The third-order valence-corrected chi connectivity index (χ3v) is 4.85. The van der Waals surface area contributed by atoms with Crippen LogP contribution in [-0.2, 0) is 28.9 Å². The van der Waals surface area contributed by atoms with Gasteiger partial charge in [-0.3, -0.25) is 4.79 Å². The van der Waals surface area contributed by atoms with Crippen molar-refractivity contribution in [1.29, 1.82) is 0 Å². The van der Waals surface area contributed by atoms with E-state index in [1.807, 2.05) is 6.92 Å². The Morgan fingerprint density at radius 3 is 3.05 bits per heavy atom. The number of nitrogens with one attached hydrogen (secondary N) is 1. The normalized spacial score (nSPS) is 21.1. The number of oxime groups is 1. The number of hydrogen-bond donors (Lipinski definition) is 1. The van der Waals surface area contributed by atoms with Gasteiger partial charge in [-0.15, -0.1) is 11.3 Å². The molecule has 0 saturated heterocycles. The summed E-state index contributed by atoms with van der Waals surface area (Å²) in [6.07, 6.45) is 5.78. The minimum absolute atomic E-state index is 0.0769. The lowest BCUT2D eigenvalue weighted by Crippen LogP contribution is -2.35. The van der Waals surface area contributed by atoms with Crippen LogP contribution >= 0.6 is 11.3 Å². The van der Waals surface area contributed by atoms with Gasteiger partial charge in [-0.25, -0.2) is 4.98 Å². The number of hydrogen-bond acceptors (Lipinski definition) is 5. The van der Waals surface area contributed by atoms with Crippen molar-refractivity contribution in [2.75, 3.05) is 6.54 Å².